The van der Waals surface area contributed by atoms with Crippen molar-refractivity contribution in [3.63, 3.8) is 0 Å². The van der Waals surface area contributed by atoms with E-state index in [0.717, 1.165) is 17.5 Å². The number of rotatable bonds is 8. The first-order valence-corrected chi connectivity index (χ1v) is 10.1. The Hall–Kier alpha value is -2.00. The Balaban J connectivity index is 1.84. The monoisotopic (exact) mass is 418 g/mol. The molecule has 0 saturated carbocycles. The molecule has 0 unspecified atom stereocenters. The Morgan fingerprint density at radius 2 is 1.60 bits per heavy atom. The summed E-state index contributed by atoms with van der Waals surface area (Å²) in [5.74, 6) is 0.435. The smallest absolute Gasteiger partial charge is 0.229 e. The first-order chi connectivity index (χ1) is 14.5. The zero-order valence-electron chi connectivity index (χ0n) is 17.3. The second kappa shape index (κ2) is 10.3. The molecule has 4 N–H and O–H groups in total. The topological polar surface area (TPSA) is 109 Å². The van der Waals surface area contributed by atoms with E-state index in [1.807, 2.05) is 12.1 Å². The fraction of sp³-hybridized carbons (Fsp3) is 0.478. The fourth-order valence-electron chi connectivity index (χ4n) is 3.63. The number of hydrogen-bond donors (Lipinski definition) is 4. The van der Waals surface area contributed by atoms with Crippen LogP contribution < -0.4 is 4.74 Å². The highest BCUT2D eigenvalue weighted by Gasteiger charge is 2.46. The zero-order valence-corrected chi connectivity index (χ0v) is 17.3. The average molecular weight is 418 g/mol. The van der Waals surface area contributed by atoms with Crippen molar-refractivity contribution < 1.29 is 34.6 Å². The van der Waals surface area contributed by atoms with E-state index in [0.29, 0.717) is 17.7 Å². The first kappa shape index (κ1) is 22.7. The van der Waals surface area contributed by atoms with Gasteiger partial charge in [0.1, 0.15) is 30.2 Å². The van der Waals surface area contributed by atoms with Crippen LogP contribution in [-0.2, 0) is 28.9 Å². The lowest BCUT2D eigenvalue weighted by molar-refractivity contribution is -0.282. The quantitative estimate of drug-likeness (QED) is 0.510. The van der Waals surface area contributed by atoms with Gasteiger partial charge in [-0.3, -0.25) is 0 Å². The molecule has 1 aliphatic rings. The van der Waals surface area contributed by atoms with E-state index in [2.05, 4.69) is 31.2 Å². The van der Waals surface area contributed by atoms with Crippen molar-refractivity contribution in [2.45, 2.75) is 57.1 Å². The van der Waals surface area contributed by atoms with Crippen LogP contribution in [0.25, 0.3) is 0 Å². The van der Waals surface area contributed by atoms with Crippen molar-refractivity contribution in [3.05, 3.63) is 64.7 Å². The molecule has 7 nitrogen and oxygen atoms in total. The highest BCUT2D eigenvalue weighted by Crippen LogP contribution is 2.30. The molecule has 0 radical (unpaired) electrons. The molecule has 0 bridgehead atoms. The third-order valence-electron chi connectivity index (χ3n) is 5.48. The van der Waals surface area contributed by atoms with E-state index in [1.54, 1.807) is 6.07 Å². The van der Waals surface area contributed by atoms with Gasteiger partial charge in [-0.05, 0) is 34.7 Å². The summed E-state index contributed by atoms with van der Waals surface area (Å²) in [4.78, 5) is 0. The largest absolute Gasteiger partial charge is 0.462 e. The highest BCUT2D eigenvalue weighted by atomic mass is 16.7. The number of ether oxygens (including phenoxy) is 3. The van der Waals surface area contributed by atoms with E-state index in [1.165, 1.54) is 12.7 Å². The molecule has 0 spiro atoms. The molecule has 1 fully saturated rings. The number of aliphatic hydroxyl groups is 4. The van der Waals surface area contributed by atoms with Gasteiger partial charge in [0.2, 0.25) is 6.29 Å². The number of hydrogen-bond acceptors (Lipinski definition) is 7. The SMILES string of the molecule is CCc1ccc(Cc2ccc(CO)cc2O[C@@H]2O[C@H](CO)[C@@H](OC)[C@H](O)[C@H]2O)cc1. The maximum absolute atomic E-state index is 10.5. The zero-order chi connectivity index (χ0) is 21.7. The second-order valence-corrected chi connectivity index (χ2v) is 7.47. The van der Waals surface area contributed by atoms with Gasteiger partial charge in [0.25, 0.3) is 0 Å². The molecular formula is C23H30O7. The van der Waals surface area contributed by atoms with Gasteiger partial charge < -0.3 is 34.6 Å². The molecule has 2 aromatic rings. The maximum Gasteiger partial charge on any atom is 0.229 e. The van der Waals surface area contributed by atoms with Crippen molar-refractivity contribution >= 4 is 0 Å². The van der Waals surface area contributed by atoms with Gasteiger partial charge in [0.15, 0.2) is 0 Å². The molecule has 2 aromatic carbocycles. The van der Waals surface area contributed by atoms with Crippen molar-refractivity contribution in [3.8, 4) is 5.75 Å². The van der Waals surface area contributed by atoms with E-state index in [9.17, 15) is 20.4 Å². The maximum atomic E-state index is 10.5. The summed E-state index contributed by atoms with van der Waals surface area (Å²) in [6.07, 6.45) is -4.01. The third-order valence-corrected chi connectivity index (χ3v) is 5.48. The van der Waals surface area contributed by atoms with Gasteiger partial charge in [0, 0.05) is 13.5 Å². The summed E-state index contributed by atoms with van der Waals surface area (Å²) in [6, 6.07) is 13.6. The lowest BCUT2D eigenvalue weighted by Gasteiger charge is -2.41. The minimum Gasteiger partial charge on any atom is -0.462 e. The first-order valence-electron chi connectivity index (χ1n) is 10.1. The number of aryl methyl sites for hydroxylation is 1. The van der Waals surface area contributed by atoms with Crippen LogP contribution in [0.5, 0.6) is 5.75 Å². The minimum atomic E-state index is -1.37. The molecule has 1 saturated heterocycles. The van der Waals surface area contributed by atoms with Crippen molar-refractivity contribution in [1.29, 1.82) is 0 Å². The third kappa shape index (κ3) is 5.00. The van der Waals surface area contributed by atoms with Crippen LogP contribution in [0, 0.1) is 0 Å². The van der Waals surface area contributed by atoms with E-state index < -0.39 is 37.3 Å². The Morgan fingerprint density at radius 3 is 2.20 bits per heavy atom. The second-order valence-electron chi connectivity index (χ2n) is 7.47. The molecule has 7 heteroatoms. The van der Waals surface area contributed by atoms with Crippen molar-refractivity contribution in [2.24, 2.45) is 0 Å². The normalized spacial score (nSPS) is 26.5. The van der Waals surface area contributed by atoms with Gasteiger partial charge in [-0.15, -0.1) is 0 Å². The van der Waals surface area contributed by atoms with Crippen molar-refractivity contribution in [2.75, 3.05) is 13.7 Å². The van der Waals surface area contributed by atoms with E-state index in [-0.39, 0.29) is 6.61 Å². The Bertz CT molecular complexity index is 806. The van der Waals surface area contributed by atoms with Gasteiger partial charge in [0.05, 0.1) is 13.2 Å². The van der Waals surface area contributed by atoms with Crippen molar-refractivity contribution in [1.82, 2.24) is 0 Å². The molecule has 0 aromatic heterocycles. The van der Waals surface area contributed by atoms with Gasteiger partial charge in [-0.1, -0.05) is 43.3 Å². The summed E-state index contributed by atoms with van der Waals surface area (Å²) >= 11 is 0. The van der Waals surface area contributed by atoms with E-state index >= 15 is 0 Å². The summed E-state index contributed by atoms with van der Waals surface area (Å²) in [7, 11) is 1.38. The lowest BCUT2D eigenvalue weighted by Crippen LogP contribution is -2.60. The molecule has 0 amide bonds. The number of benzene rings is 2. The minimum absolute atomic E-state index is 0.163. The van der Waals surface area contributed by atoms with E-state index in [4.69, 9.17) is 14.2 Å². The predicted octanol–water partition coefficient (Wildman–Crippen LogP) is 1.16. The van der Waals surface area contributed by atoms with Gasteiger partial charge in [-0.2, -0.15) is 0 Å². The lowest BCUT2D eigenvalue weighted by atomic mass is 9.98. The molecule has 1 aliphatic heterocycles. The molecule has 30 heavy (non-hydrogen) atoms. The van der Waals surface area contributed by atoms with Crippen LogP contribution >= 0.6 is 0 Å². The summed E-state index contributed by atoms with van der Waals surface area (Å²) in [6.45, 7) is 1.55. The average Bonchev–Trinajstić information content (AvgIpc) is 2.78. The molecular weight excluding hydrogens is 388 g/mol. The number of aliphatic hydroxyl groups excluding tert-OH is 4. The number of methoxy groups -OCH3 is 1. The van der Waals surface area contributed by atoms with Crippen LogP contribution in [0.3, 0.4) is 0 Å². The Labute approximate surface area is 176 Å². The van der Waals surface area contributed by atoms with Crippen LogP contribution in [0.4, 0.5) is 0 Å². The summed E-state index contributed by atoms with van der Waals surface area (Å²) in [5, 5.41) is 39.9. The van der Waals surface area contributed by atoms with Crippen LogP contribution in [0.2, 0.25) is 0 Å². The standard InChI is InChI=1S/C23H30O7/c1-3-14-4-6-15(7-5-14)10-17-9-8-16(12-24)11-18(17)29-23-21(27)20(26)22(28-2)19(13-25)30-23/h4-9,11,19-27H,3,10,12-13H2,1-2H3/t19-,20-,21-,22-,23-/m1/s1. The van der Waals surface area contributed by atoms with Crippen LogP contribution in [-0.4, -0.2) is 64.8 Å². The Morgan fingerprint density at radius 1 is 0.933 bits per heavy atom. The molecule has 5 atom stereocenters. The van der Waals surface area contributed by atoms with Gasteiger partial charge >= 0.3 is 0 Å². The predicted molar refractivity (Wildman–Crippen MR) is 110 cm³/mol. The molecule has 164 valence electrons. The highest BCUT2D eigenvalue weighted by molar-refractivity contribution is 5.41. The van der Waals surface area contributed by atoms with Gasteiger partial charge in [-0.25, -0.2) is 0 Å². The Kier molecular flexibility index (Phi) is 7.82. The summed E-state index contributed by atoms with van der Waals surface area (Å²) < 4.78 is 16.8. The summed E-state index contributed by atoms with van der Waals surface area (Å²) in [5.41, 5.74) is 3.83. The molecule has 3 rings (SSSR count). The van der Waals surface area contributed by atoms with Crippen LogP contribution in [0.15, 0.2) is 42.5 Å². The van der Waals surface area contributed by atoms with Crippen LogP contribution in [0.1, 0.15) is 29.2 Å². The molecule has 1 heterocycles. The molecule has 0 aliphatic carbocycles. The fourth-order valence-corrected chi connectivity index (χ4v) is 3.63.